The van der Waals surface area contributed by atoms with E-state index in [9.17, 15) is 4.79 Å². The lowest BCUT2D eigenvalue weighted by molar-refractivity contribution is -0.131. The molecule has 0 aliphatic rings. The van der Waals surface area contributed by atoms with Gasteiger partial charge in [-0.25, -0.2) is 19.3 Å². The third-order valence-electron chi connectivity index (χ3n) is 0.331. The van der Waals surface area contributed by atoms with Crippen molar-refractivity contribution in [3.05, 3.63) is 12.7 Å². The van der Waals surface area contributed by atoms with Gasteiger partial charge in [-0.15, -0.1) is 0 Å². The summed E-state index contributed by atoms with van der Waals surface area (Å²) in [6, 6.07) is 0. The van der Waals surface area contributed by atoms with Crippen LogP contribution in [0.3, 0.4) is 0 Å². The van der Waals surface area contributed by atoms with Crippen LogP contribution in [0.4, 0.5) is 0 Å². The minimum absolute atomic E-state index is 0.833. The molecule has 0 saturated carbocycles. The van der Waals surface area contributed by atoms with Crippen molar-refractivity contribution >= 4 is 18.1 Å². The molecule has 0 aliphatic heterocycles. The van der Waals surface area contributed by atoms with E-state index in [4.69, 9.17) is 14.7 Å². The van der Waals surface area contributed by atoms with Gasteiger partial charge in [0.25, 0.3) is 12.2 Å². The van der Waals surface area contributed by atoms with Gasteiger partial charge < -0.3 is 5.11 Å². The van der Waals surface area contributed by atoms with Crippen molar-refractivity contribution in [2.24, 2.45) is 10.3 Å². The van der Waals surface area contributed by atoms with E-state index in [2.05, 4.69) is 21.8 Å². The van der Waals surface area contributed by atoms with E-state index in [1.54, 1.807) is 0 Å². The molecule has 0 amide bonds. The molecule has 1 N–H and O–H groups in total. The van der Waals surface area contributed by atoms with Crippen LogP contribution in [-0.2, 0) is 19.3 Å². The summed E-state index contributed by atoms with van der Waals surface area (Å²) in [6.45, 7) is 2.96. The highest BCUT2D eigenvalue weighted by Gasteiger charge is 1.73. The van der Waals surface area contributed by atoms with Crippen LogP contribution in [0.15, 0.2) is 23.0 Å². The molecule has 0 aromatic heterocycles. The molecular weight excluding hydrogens is 168 g/mol. The van der Waals surface area contributed by atoms with Crippen molar-refractivity contribution in [3.63, 3.8) is 0 Å². The van der Waals surface area contributed by atoms with E-state index in [0.717, 1.165) is 18.2 Å². The van der Waals surface area contributed by atoms with Crippen LogP contribution in [0, 0.1) is 0 Å². The summed E-state index contributed by atoms with van der Waals surface area (Å²) >= 11 is 0. The SMILES string of the molecule is C=CC(=O)O.O=C=NON=C=O. The van der Waals surface area contributed by atoms with Gasteiger partial charge in [0.1, 0.15) is 0 Å². The fraction of sp³-hybridized carbons (Fsp3) is 0. The Morgan fingerprint density at radius 1 is 1.42 bits per heavy atom. The number of aliphatic carboxylic acids is 1. The standard InChI is InChI=1S/C3H4O2.C2N2O3/c1-2-3(4)5;5-1-3-7-4-2-6/h2H,1H2,(H,4,5);. The Balaban J connectivity index is 0. The van der Waals surface area contributed by atoms with E-state index < -0.39 is 5.97 Å². The first kappa shape index (κ1) is 12.4. The highest BCUT2D eigenvalue weighted by atomic mass is 16.8. The van der Waals surface area contributed by atoms with Gasteiger partial charge in [-0.05, 0) is 0 Å². The van der Waals surface area contributed by atoms with Gasteiger partial charge in [-0.3, -0.25) is 0 Å². The average molecular weight is 172 g/mol. The van der Waals surface area contributed by atoms with Gasteiger partial charge in [0.2, 0.25) is 0 Å². The van der Waals surface area contributed by atoms with Crippen molar-refractivity contribution in [3.8, 4) is 0 Å². The minimum atomic E-state index is -0.981. The fourth-order valence-electron chi connectivity index (χ4n) is 0.0537. The Morgan fingerprint density at radius 3 is 1.92 bits per heavy atom. The smallest absolute Gasteiger partial charge is 0.327 e. The van der Waals surface area contributed by atoms with Crippen LogP contribution < -0.4 is 0 Å². The summed E-state index contributed by atoms with van der Waals surface area (Å²) < 4.78 is 0. The first-order chi connectivity index (χ1) is 5.68. The van der Waals surface area contributed by atoms with Crippen molar-refractivity contribution in [1.82, 2.24) is 0 Å². The second-order valence-electron chi connectivity index (χ2n) is 0.989. The predicted octanol–water partition coefficient (Wildman–Crippen LogP) is -0.238. The molecule has 64 valence electrons. The first-order valence-electron chi connectivity index (χ1n) is 2.35. The van der Waals surface area contributed by atoms with Crippen LogP contribution in [0.2, 0.25) is 0 Å². The Labute approximate surface area is 66.6 Å². The number of carboxylic acids is 1. The van der Waals surface area contributed by atoms with Crippen molar-refractivity contribution in [2.45, 2.75) is 0 Å². The lowest BCUT2D eigenvalue weighted by Gasteiger charge is -1.66. The maximum absolute atomic E-state index is 9.25. The van der Waals surface area contributed by atoms with Crippen molar-refractivity contribution < 1.29 is 24.4 Å². The molecular formula is C5H4N2O5. The molecule has 0 spiro atoms. The summed E-state index contributed by atoms with van der Waals surface area (Å²) in [4.78, 5) is 30.9. The normalized spacial score (nSPS) is 5.67. The third-order valence-corrected chi connectivity index (χ3v) is 0.331. The molecule has 0 saturated heterocycles. The molecule has 0 aromatic rings. The number of carbonyl (C=O) groups excluding carboxylic acids is 2. The van der Waals surface area contributed by atoms with E-state index in [1.165, 1.54) is 0 Å². The monoisotopic (exact) mass is 172 g/mol. The lowest BCUT2D eigenvalue weighted by Crippen LogP contribution is -1.82. The zero-order chi connectivity index (χ0) is 9.82. The van der Waals surface area contributed by atoms with Crippen molar-refractivity contribution in [2.75, 3.05) is 0 Å². The molecule has 0 rings (SSSR count). The molecule has 0 unspecified atom stereocenters. The molecule has 0 bridgehead atoms. The van der Waals surface area contributed by atoms with Crippen LogP contribution >= 0.6 is 0 Å². The van der Waals surface area contributed by atoms with Gasteiger partial charge >= 0.3 is 5.97 Å². The molecule has 0 radical (unpaired) electrons. The minimum Gasteiger partial charge on any atom is -0.478 e. The Bertz CT molecular complexity index is 220. The van der Waals surface area contributed by atoms with Gasteiger partial charge in [-0.2, -0.15) is 0 Å². The molecule has 7 heteroatoms. The van der Waals surface area contributed by atoms with E-state index >= 15 is 0 Å². The van der Waals surface area contributed by atoms with E-state index in [-0.39, 0.29) is 0 Å². The molecule has 0 aliphatic carbocycles. The number of carbonyl (C=O) groups is 1. The zero-order valence-corrected chi connectivity index (χ0v) is 5.76. The molecule has 0 atom stereocenters. The number of nitrogens with zero attached hydrogens (tertiary/aromatic N) is 2. The molecule has 0 fully saturated rings. The van der Waals surface area contributed by atoms with Crippen molar-refractivity contribution in [1.29, 1.82) is 0 Å². The second kappa shape index (κ2) is 11.6. The number of isocyanates is 2. The predicted molar refractivity (Wildman–Crippen MR) is 35.2 cm³/mol. The number of carboxylic acid groups (broad SMARTS) is 1. The number of hydrogen-bond donors (Lipinski definition) is 1. The summed E-state index contributed by atoms with van der Waals surface area (Å²) in [5.41, 5.74) is 0. The van der Waals surface area contributed by atoms with Crippen LogP contribution in [-0.4, -0.2) is 23.2 Å². The van der Waals surface area contributed by atoms with Gasteiger partial charge in [0.05, 0.1) is 0 Å². The molecule has 0 heterocycles. The van der Waals surface area contributed by atoms with E-state index in [0.29, 0.717) is 0 Å². The van der Waals surface area contributed by atoms with E-state index in [1.807, 2.05) is 0 Å². The molecule has 0 aromatic carbocycles. The highest BCUT2D eigenvalue weighted by molar-refractivity contribution is 5.78. The first-order valence-corrected chi connectivity index (χ1v) is 2.35. The summed E-state index contributed by atoms with van der Waals surface area (Å²) in [6.07, 6.45) is 2.80. The average Bonchev–Trinajstić information content (AvgIpc) is 2.07. The number of rotatable bonds is 3. The van der Waals surface area contributed by atoms with Gasteiger partial charge in [0, 0.05) is 16.4 Å². The second-order valence-corrected chi connectivity index (χ2v) is 0.989. The van der Waals surface area contributed by atoms with Crippen LogP contribution in [0.25, 0.3) is 0 Å². The topological polar surface area (TPSA) is 105 Å². The Hall–Kier alpha value is -2.23. The maximum Gasteiger partial charge on any atom is 0.327 e. The maximum atomic E-state index is 9.25. The Morgan fingerprint density at radius 2 is 1.75 bits per heavy atom. The lowest BCUT2D eigenvalue weighted by atomic mass is 10.7. The van der Waals surface area contributed by atoms with Gasteiger partial charge in [-0.1, -0.05) is 6.58 Å². The summed E-state index contributed by atoms with van der Waals surface area (Å²) in [5, 5.41) is 12.5. The molecule has 12 heavy (non-hydrogen) atoms. The van der Waals surface area contributed by atoms with Gasteiger partial charge in [0.15, 0.2) is 0 Å². The zero-order valence-electron chi connectivity index (χ0n) is 5.76. The van der Waals surface area contributed by atoms with Crippen LogP contribution in [0.5, 0.6) is 0 Å². The van der Waals surface area contributed by atoms with Crippen LogP contribution in [0.1, 0.15) is 0 Å². The molecule has 7 nitrogen and oxygen atoms in total. The third kappa shape index (κ3) is 25.1. The number of hydrogen-bond acceptors (Lipinski definition) is 6. The largest absolute Gasteiger partial charge is 0.478 e. The summed E-state index contributed by atoms with van der Waals surface area (Å²) in [5.74, 6) is -0.981. The summed E-state index contributed by atoms with van der Waals surface area (Å²) in [7, 11) is 0. The fourth-order valence-corrected chi connectivity index (χ4v) is 0.0537. The Kier molecular flexibility index (Phi) is 12.0. The highest BCUT2D eigenvalue weighted by Crippen LogP contribution is 1.65. The quantitative estimate of drug-likeness (QED) is 0.273.